The van der Waals surface area contributed by atoms with Gasteiger partial charge in [0.1, 0.15) is 13.2 Å². The number of carbonyl (C=O) groups excluding carboxylic acids is 3. The summed E-state index contributed by atoms with van der Waals surface area (Å²) < 4.78 is 16.7. The van der Waals surface area contributed by atoms with Crippen molar-refractivity contribution in [3.8, 4) is 0 Å². The Morgan fingerprint density at radius 3 is 1.06 bits per heavy atom. The molecule has 0 heterocycles. The van der Waals surface area contributed by atoms with E-state index in [2.05, 4.69) is 87.6 Å². The zero-order chi connectivity index (χ0) is 46.5. The van der Waals surface area contributed by atoms with E-state index in [0.29, 0.717) is 19.3 Å². The van der Waals surface area contributed by atoms with Gasteiger partial charge in [0.05, 0.1) is 0 Å². The number of hydrogen-bond donors (Lipinski definition) is 0. The normalized spacial score (nSPS) is 13.4. The molecule has 0 amide bonds. The van der Waals surface area contributed by atoms with Crippen LogP contribution in [0, 0.1) is 0 Å². The first-order valence-corrected chi connectivity index (χ1v) is 25.0. The van der Waals surface area contributed by atoms with Crippen molar-refractivity contribution in [1.82, 2.24) is 0 Å². The number of esters is 3. The predicted molar refractivity (Wildman–Crippen MR) is 274 cm³/mol. The molecule has 0 aliphatic rings. The fraction of sp³-hybridized carbons (Fsp3) is 0.534. The van der Waals surface area contributed by atoms with Crippen molar-refractivity contribution in [3.05, 3.63) is 146 Å². The van der Waals surface area contributed by atoms with Gasteiger partial charge in [-0.3, -0.25) is 14.4 Å². The van der Waals surface area contributed by atoms with E-state index in [-0.39, 0.29) is 31.1 Å². The van der Waals surface area contributed by atoms with Crippen molar-refractivity contribution in [2.24, 2.45) is 0 Å². The number of allylic oxidation sites excluding steroid dienone is 24. The molecule has 0 aliphatic carbocycles. The lowest BCUT2D eigenvalue weighted by Gasteiger charge is -2.18. The molecule has 0 aromatic carbocycles. The minimum Gasteiger partial charge on any atom is -0.462 e. The SMILES string of the molecule is CC\C=C/C=C\C=C/C=C\C=C\C=C/C=C\CCCCCC(=O)OCC(COC(=O)CCCCCCC\C=C/C=C\C=C/CC)OC(=O)CCCCCCCCC/C=C\C/C=C\CC. The van der Waals surface area contributed by atoms with E-state index in [9.17, 15) is 14.4 Å². The second kappa shape index (κ2) is 50.9. The van der Waals surface area contributed by atoms with Crippen LogP contribution in [0.4, 0.5) is 0 Å². The topological polar surface area (TPSA) is 78.9 Å². The van der Waals surface area contributed by atoms with Gasteiger partial charge in [-0.05, 0) is 83.5 Å². The lowest BCUT2D eigenvalue weighted by atomic mass is 10.1. The number of rotatable bonds is 42. The monoisotopic (exact) mass is 881 g/mol. The highest BCUT2D eigenvalue weighted by atomic mass is 16.6. The second-order valence-electron chi connectivity index (χ2n) is 15.8. The molecule has 0 bridgehead atoms. The van der Waals surface area contributed by atoms with Crippen molar-refractivity contribution in [2.45, 2.75) is 187 Å². The quantitative estimate of drug-likeness (QED) is 0.0200. The fourth-order valence-electron chi connectivity index (χ4n) is 6.17. The Morgan fingerprint density at radius 2 is 0.641 bits per heavy atom. The summed E-state index contributed by atoms with van der Waals surface area (Å²) in [6.45, 7) is 6.16. The van der Waals surface area contributed by atoms with Gasteiger partial charge in [-0.1, -0.05) is 224 Å². The number of unbranched alkanes of at least 4 members (excludes halogenated alkanes) is 15. The third-order valence-electron chi connectivity index (χ3n) is 9.83. The van der Waals surface area contributed by atoms with Crippen molar-refractivity contribution in [3.63, 3.8) is 0 Å². The Hall–Kier alpha value is -4.71. The minimum absolute atomic E-state index is 0.114. The van der Waals surface area contributed by atoms with Gasteiger partial charge in [-0.2, -0.15) is 0 Å². The molecule has 0 rings (SSSR count). The summed E-state index contributed by atoms with van der Waals surface area (Å²) in [4.78, 5) is 38.0. The molecule has 0 N–H and O–H groups in total. The van der Waals surface area contributed by atoms with Crippen LogP contribution in [0.3, 0.4) is 0 Å². The molecule has 0 fully saturated rings. The van der Waals surface area contributed by atoms with Gasteiger partial charge in [0.2, 0.25) is 0 Å². The maximum atomic E-state index is 12.8. The molecule has 6 heteroatoms. The van der Waals surface area contributed by atoms with E-state index >= 15 is 0 Å². The Bertz CT molecular complexity index is 1480. The Kier molecular flexibility index (Phi) is 47.2. The summed E-state index contributed by atoms with van der Waals surface area (Å²) in [5, 5.41) is 0. The number of carbonyl (C=O) groups is 3. The molecular weight excluding hydrogens is 793 g/mol. The van der Waals surface area contributed by atoms with E-state index < -0.39 is 6.10 Å². The lowest BCUT2D eigenvalue weighted by Crippen LogP contribution is -2.30. The molecule has 0 saturated heterocycles. The molecule has 6 nitrogen and oxygen atoms in total. The molecule has 0 spiro atoms. The van der Waals surface area contributed by atoms with E-state index in [1.165, 1.54) is 25.7 Å². The van der Waals surface area contributed by atoms with Gasteiger partial charge in [0.15, 0.2) is 6.10 Å². The van der Waals surface area contributed by atoms with Crippen LogP contribution in [0.1, 0.15) is 181 Å². The summed E-state index contributed by atoms with van der Waals surface area (Å²) in [6, 6.07) is 0. The molecule has 1 unspecified atom stereocenters. The Balaban J connectivity index is 4.56. The molecule has 0 aromatic rings. The average molecular weight is 881 g/mol. The zero-order valence-corrected chi connectivity index (χ0v) is 40.5. The largest absolute Gasteiger partial charge is 0.462 e. The Labute approximate surface area is 391 Å². The number of ether oxygens (including phenoxy) is 3. The average Bonchev–Trinajstić information content (AvgIpc) is 3.29. The molecule has 356 valence electrons. The van der Waals surface area contributed by atoms with Gasteiger partial charge in [-0.15, -0.1) is 0 Å². The van der Waals surface area contributed by atoms with Crippen LogP contribution in [0.15, 0.2) is 146 Å². The first kappa shape index (κ1) is 59.3. The molecule has 64 heavy (non-hydrogen) atoms. The number of hydrogen-bond acceptors (Lipinski definition) is 6. The van der Waals surface area contributed by atoms with Gasteiger partial charge in [0.25, 0.3) is 0 Å². The van der Waals surface area contributed by atoms with Crippen LogP contribution in [0.5, 0.6) is 0 Å². The summed E-state index contributed by atoms with van der Waals surface area (Å²) in [5.41, 5.74) is 0. The molecule has 1 atom stereocenters. The summed E-state index contributed by atoms with van der Waals surface area (Å²) in [6.07, 6.45) is 72.5. The van der Waals surface area contributed by atoms with Crippen LogP contribution in [0.25, 0.3) is 0 Å². The highest BCUT2D eigenvalue weighted by molar-refractivity contribution is 5.71. The maximum absolute atomic E-state index is 12.8. The molecular formula is C58H88O6. The first-order chi connectivity index (χ1) is 31.5. The second-order valence-corrected chi connectivity index (χ2v) is 15.8. The molecule has 0 aliphatic heterocycles. The third kappa shape index (κ3) is 48.3. The summed E-state index contributed by atoms with van der Waals surface area (Å²) in [5.74, 6) is -1.00. The van der Waals surface area contributed by atoms with E-state index in [1.807, 2.05) is 79.0 Å². The third-order valence-corrected chi connectivity index (χ3v) is 9.83. The summed E-state index contributed by atoms with van der Waals surface area (Å²) >= 11 is 0. The van der Waals surface area contributed by atoms with E-state index in [4.69, 9.17) is 14.2 Å². The first-order valence-electron chi connectivity index (χ1n) is 25.0. The van der Waals surface area contributed by atoms with E-state index in [0.717, 1.165) is 116 Å². The minimum atomic E-state index is -0.816. The van der Waals surface area contributed by atoms with Gasteiger partial charge < -0.3 is 14.2 Å². The van der Waals surface area contributed by atoms with Crippen LogP contribution < -0.4 is 0 Å². The van der Waals surface area contributed by atoms with E-state index in [1.54, 1.807) is 0 Å². The van der Waals surface area contributed by atoms with Crippen molar-refractivity contribution < 1.29 is 28.6 Å². The van der Waals surface area contributed by atoms with Gasteiger partial charge in [0, 0.05) is 19.3 Å². The molecule has 0 radical (unpaired) electrons. The smallest absolute Gasteiger partial charge is 0.306 e. The van der Waals surface area contributed by atoms with Crippen molar-refractivity contribution >= 4 is 17.9 Å². The van der Waals surface area contributed by atoms with Gasteiger partial charge in [-0.25, -0.2) is 0 Å². The lowest BCUT2D eigenvalue weighted by molar-refractivity contribution is -0.167. The highest BCUT2D eigenvalue weighted by Crippen LogP contribution is 2.13. The van der Waals surface area contributed by atoms with Crippen molar-refractivity contribution in [1.29, 1.82) is 0 Å². The maximum Gasteiger partial charge on any atom is 0.306 e. The van der Waals surface area contributed by atoms with Crippen LogP contribution in [-0.2, 0) is 28.6 Å². The van der Waals surface area contributed by atoms with Gasteiger partial charge >= 0.3 is 17.9 Å². The zero-order valence-electron chi connectivity index (χ0n) is 40.5. The van der Waals surface area contributed by atoms with Crippen LogP contribution in [-0.4, -0.2) is 37.2 Å². The Morgan fingerprint density at radius 1 is 0.328 bits per heavy atom. The predicted octanol–water partition coefficient (Wildman–Crippen LogP) is 16.5. The van der Waals surface area contributed by atoms with Crippen molar-refractivity contribution in [2.75, 3.05) is 13.2 Å². The molecule has 0 saturated carbocycles. The summed E-state index contributed by atoms with van der Waals surface area (Å²) in [7, 11) is 0. The fourth-order valence-corrected chi connectivity index (χ4v) is 6.17. The standard InChI is InChI=1S/C58H88O6/c1-4-7-10-13-16-19-22-25-27-28-29-30-31-34-36-39-42-45-48-51-57(60)63-54-55(53-62-56(59)50-47-44-41-38-35-32-24-21-18-15-12-9-6-3)64-58(61)52-49-46-43-40-37-33-26-23-20-17-14-11-8-5-2/h7-13,15-22,24-25,27-31,34,36,55H,4-6,14,23,26,32-33,35,37-54H2,1-3H3/b10-7-,11-8-,12-9-,16-13-,18-15-,20-17-,22-19-,24-21-,27-25-,29-28+,31-30-,36-34-. The van der Waals surface area contributed by atoms with Crippen LogP contribution >= 0.6 is 0 Å². The van der Waals surface area contributed by atoms with Crippen LogP contribution in [0.2, 0.25) is 0 Å². The highest BCUT2D eigenvalue weighted by Gasteiger charge is 2.19. The molecule has 0 aromatic heterocycles.